The maximum absolute atomic E-state index is 6.84. The van der Waals surface area contributed by atoms with Gasteiger partial charge in [-0.2, -0.15) is 0 Å². The molecular weight excluding hydrogens is 1660 g/mol. The van der Waals surface area contributed by atoms with Crippen molar-refractivity contribution in [3.63, 3.8) is 0 Å². The van der Waals surface area contributed by atoms with E-state index in [1.165, 1.54) is 197 Å². The Kier molecular flexibility index (Phi) is 25.3. The predicted molar refractivity (Wildman–Crippen MR) is 570 cm³/mol. The lowest BCUT2D eigenvalue weighted by atomic mass is 9.70. The van der Waals surface area contributed by atoms with Crippen molar-refractivity contribution in [2.45, 2.75) is 327 Å². The first-order valence-electron chi connectivity index (χ1n) is 47.3. The molecule has 2 aliphatic rings. The third-order valence-corrected chi connectivity index (χ3v) is 29.6. The smallest absolute Gasteiger partial charge is 0.399 e. The third-order valence-electron chi connectivity index (χ3n) is 28.0. The molecule has 6 heteroatoms. The molecule has 1 aliphatic carbocycles. The van der Waals surface area contributed by atoms with Gasteiger partial charge in [0.25, 0.3) is 0 Å². The highest BCUT2D eigenvalue weighted by atomic mass is 79.9. The Bertz CT molecular complexity index is 6450. The Morgan fingerprint density at radius 2 is 0.570 bits per heavy atom. The molecule has 1 saturated heterocycles. The molecule has 16 rings (SSSR count). The predicted octanol–water partition coefficient (Wildman–Crippen LogP) is 37.5. The molecule has 668 valence electrons. The topological polar surface area (TPSA) is 18.5 Å². The summed E-state index contributed by atoms with van der Waals surface area (Å²) in [4.78, 5) is 0. The van der Waals surface area contributed by atoms with Crippen LogP contribution in [0, 0.1) is 0 Å². The van der Waals surface area contributed by atoms with Crippen molar-refractivity contribution >= 4 is 116 Å². The van der Waals surface area contributed by atoms with E-state index in [0.717, 1.165) is 10.8 Å². The van der Waals surface area contributed by atoms with Crippen LogP contribution in [0.25, 0.3) is 131 Å². The van der Waals surface area contributed by atoms with Gasteiger partial charge in [-0.15, -0.1) is 0 Å². The fourth-order valence-electron chi connectivity index (χ4n) is 19.0. The lowest BCUT2D eigenvalue weighted by molar-refractivity contribution is 0.00578. The van der Waals surface area contributed by atoms with Crippen LogP contribution in [0.1, 0.15) is 340 Å². The highest BCUT2D eigenvalue weighted by Crippen LogP contribution is 2.58. The minimum Gasteiger partial charge on any atom is -0.399 e. The first kappa shape index (κ1) is 95.8. The van der Waals surface area contributed by atoms with Crippen molar-refractivity contribution in [1.82, 2.24) is 0 Å². The second kappa shape index (κ2) is 33.8. The van der Waals surface area contributed by atoms with Crippen LogP contribution < -0.4 is 5.46 Å². The highest BCUT2D eigenvalue weighted by Gasteiger charge is 2.53. The van der Waals surface area contributed by atoms with E-state index in [9.17, 15) is 0 Å². The van der Waals surface area contributed by atoms with Crippen LogP contribution in [-0.2, 0) is 52.6 Å². The van der Waals surface area contributed by atoms with Crippen molar-refractivity contribution in [1.29, 1.82) is 0 Å². The summed E-state index contributed by atoms with van der Waals surface area (Å²) in [5.74, 6) is 1.71. The summed E-state index contributed by atoms with van der Waals surface area (Å²) in [6.45, 7) is 82.6. The molecule has 2 nitrogen and oxygen atoms in total. The molecule has 1 aliphatic heterocycles. The molecule has 0 atom stereocenters. The number of benzene rings is 14. The zero-order valence-electron chi connectivity index (χ0n) is 84.3. The number of hydrogen-bond acceptors (Lipinski definition) is 2. The standard InChI is InChI=1S/C58H65Br.C42H48Cl2.C22H31BO2/c1-32(2)40-21-22-43-53-46(29-44(33(3)4)54(43)59)45-30-48-49(31-47(45)52(40)53)51(35-25-38(57(11,12)13)28-39(26-35)58(14,15)16)42-20-18-17-19-41(42)50(48)34-23-36(55(5,6)7)27-37(24-34)56(8,9)10;1-39(2,3)27-17-25(18-28(21-27)40(4,5)6)37-31-15-13-14-16-32(31)38(34-24-36(44)35(43)23-33(34)37)26-19-29(41(7,8)9)22-30(20-26)42(10,11)12;1-14(2)16-9-12-19-17(13-16)10-11-18(15(3)4)20(19)23-24-21(5,6)22(7,8)25-23/h17-33H,1-16H3;13-24H,1-12H3;9-15H,1-8H3. The van der Waals surface area contributed by atoms with E-state index >= 15 is 0 Å². The van der Waals surface area contributed by atoms with E-state index in [1.807, 2.05) is 0 Å². The molecule has 0 N–H and O–H groups in total. The monoisotopic (exact) mass is 1800 g/mol. The van der Waals surface area contributed by atoms with E-state index in [2.05, 4.69) is 459 Å². The number of rotatable bonds is 9. The van der Waals surface area contributed by atoms with Crippen LogP contribution in [0.4, 0.5) is 0 Å². The van der Waals surface area contributed by atoms with Gasteiger partial charge in [0.05, 0.1) is 21.2 Å². The molecule has 0 unspecified atom stereocenters. The Labute approximate surface area is 789 Å². The van der Waals surface area contributed by atoms with Gasteiger partial charge in [-0.05, 0) is 345 Å². The molecule has 0 radical (unpaired) electrons. The van der Waals surface area contributed by atoms with Gasteiger partial charge in [-0.1, -0.05) is 409 Å². The van der Waals surface area contributed by atoms with Crippen LogP contribution in [0.5, 0.6) is 0 Å². The fraction of sp³-hybridized carbons (Fsp3) is 0.410. The van der Waals surface area contributed by atoms with Gasteiger partial charge in [-0.25, -0.2) is 0 Å². The van der Waals surface area contributed by atoms with Crippen molar-refractivity contribution in [3.05, 3.63) is 275 Å². The molecule has 1 fully saturated rings. The minimum atomic E-state index is -0.327. The molecule has 14 aromatic rings. The summed E-state index contributed by atoms with van der Waals surface area (Å²) in [6.07, 6.45) is 0. The molecule has 128 heavy (non-hydrogen) atoms. The Balaban J connectivity index is 0.000000168. The minimum absolute atomic E-state index is 0.000731. The molecule has 0 aromatic heterocycles. The molecule has 0 bridgehead atoms. The molecule has 0 spiro atoms. The first-order valence-corrected chi connectivity index (χ1v) is 48.8. The van der Waals surface area contributed by atoms with Crippen LogP contribution in [0.2, 0.25) is 10.0 Å². The number of fused-ring (bicyclic) bond motifs is 8. The lowest BCUT2D eigenvalue weighted by Gasteiger charge is -2.32. The molecule has 0 saturated carbocycles. The Morgan fingerprint density at radius 1 is 0.273 bits per heavy atom. The van der Waals surface area contributed by atoms with E-state index < -0.39 is 0 Å². The maximum Gasteiger partial charge on any atom is 0.495 e. The van der Waals surface area contributed by atoms with Gasteiger partial charge in [-0.3, -0.25) is 0 Å². The summed E-state index contributed by atoms with van der Waals surface area (Å²) in [5.41, 5.74) is 32.4. The molecule has 1 heterocycles. The third kappa shape index (κ3) is 18.3. The SMILES string of the molecule is CC(C)(C)c1cc(-c2c3ccccc3c(-c3cc(C(C)(C)C)cc(C(C)(C)C)c3)c3cc(Cl)c(Cl)cc23)cc(C(C)(C)C)c1.CC(C)c1cc2c3c(c(C(C)C)ccc3c1Br)-c1cc3c(-c4cc(C(C)(C)C)cc(C(C)(C)C)c4)c4ccccc4c(-c4cc(C(C)(C)C)cc(C(C)(C)C)c4)c3cc1-2.CC(C)c1ccc2c(B3OC(C)(C)C(C)(C)O3)c(C(C)C)ccc2c1. The fourth-order valence-corrected chi connectivity index (χ4v) is 20.3. The van der Waals surface area contributed by atoms with Crippen molar-refractivity contribution < 1.29 is 9.31 Å². The molecule has 0 amide bonds. The van der Waals surface area contributed by atoms with Gasteiger partial charge in [0.2, 0.25) is 0 Å². The van der Waals surface area contributed by atoms with E-state index in [4.69, 9.17) is 32.5 Å². The zero-order valence-corrected chi connectivity index (χ0v) is 87.4. The van der Waals surface area contributed by atoms with Gasteiger partial charge in [0.15, 0.2) is 0 Å². The maximum atomic E-state index is 6.84. The second-order valence-corrected chi connectivity index (χ2v) is 49.7. The van der Waals surface area contributed by atoms with E-state index in [1.54, 1.807) is 0 Å². The number of halogens is 3. The van der Waals surface area contributed by atoms with Gasteiger partial charge in [0.1, 0.15) is 0 Å². The number of hydrogen-bond donors (Lipinski definition) is 0. The van der Waals surface area contributed by atoms with E-state index in [0.29, 0.717) is 33.7 Å². The summed E-state index contributed by atoms with van der Waals surface area (Å²) in [6, 6.07) is 75.3. The van der Waals surface area contributed by atoms with Crippen LogP contribution in [0.15, 0.2) is 199 Å². The average Bonchev–Trinajstić information content (AvgIpc) is 1.49. The average molecular weight is 1800 g/mol. The zero-order chi connectivity index (χ0) is 94.0. The van der Waals surface area contributed by atoms with Crippen LogP contribution in [0.3, 0.4) is 0 Å². The van der Waals surface area contributed by atoms with Crippen molar-refractivity contribution in [3.8, 4) is 66.8 Å². The van der Waals surface area contributed by atoms with Crippen LogP contribution >= 0.6 is 39.1 Å². The second-order valence-electron chi connectivity index (χ2n) is 48.1. The Hall–Kier alpha value is -8.32. The summed E-state index contributed by atoms with van der Waals surface area (Å²) in [7, 11) is -0.323. The molecule has 14 aromatic carbocycles. The largest absolute Gasteiger partial charge is 0.495 e. The summed E-state index contributed by atoms with van der Waals surface area (Å²) < 4.78 is 14.0. The van der Waals surface area contributed by atoms with Gasteiger partial charge >= 0.3 is 7.12 Å². The Morgan fingerprint density at radius 3 is 0.875 bits per heavy atom. The molecular formula is C122H144BBrCl2O2. The van der Waals surface area contributed by atoms with Gasteiger partial charge in [0, 0.05) is 4.47 Å². The normalized spacial score (nSPS) is 14.5. The van der Waals surface area contributed by atoms with Crippen molar-refractivity contribution in [2.24, 2.45) is 0 Å². The first-order chi connectivity index (χ1) is 59.0. The lowest BCUT2D eigenvalue weighted by Crippen LogP contribution is -2.41. The van der Waals surface area contributed by atoms with E-state index in [-0.39, 0.29) is 61.6 Å². The summed E-state index contributed by atoms with van der Waals surface area (Å²) in [5, 5.41) is 16.3. The highest BCUT2D eigenvalue weighted by molar-refractivity contribution is 9.10. The van der Waals surface area contributed by atoms with Gasteiger partial charge < -0.3 is 9.31 Å². The van der Waals surface area contributed by atoms with Crippen LogP contribution in [-0.4, -0.2) is 18.3 Å². The van der Waals surface area contributed by atoms with Crippen molar-refractivity contribution in [2.75, 3.05) is 0 Å². The quantitative estimate of drug-likeness (QED) is 0.106. The summed E-state index contributed by atoms with van der Waals surface area (Å²) >= 11 is 17.8.